The van der Waals surface area contributed by atoms with E-state index in [4.69, 9.17) is 19.7 Å². The Morgan fingerprint density at radius 3 is 1.93 bits per heavy atom. The molecule has 0 radical (unpaired) electrons. The van der Waals surface area contributed by atoms with Crippen LogP contribution in [0.4, 0.5) is 0 Å². The zero-order chi connectivity index (χ0) is 21.5. The second kappa shape index (κ2) is 22.9. The second-order valence-corrected chi connectivity index (χ2v) is 7.96. The standard InChI is InChI=1S/C9H16O3S.C5H10O3S.C4H8O.2CH4.H2O/c1-4-9(2)11-7(5-6-13-3)8(10)12-9;1-9-3-2-4(6)5(7)8;1-3-4(2)5;;;/h7H,4-6H2,1-3H3;4,6H,2-3H2,1H3,(H,7,8);3H2,1-2H3;2*1H4;1H2. The summed E-state index contributed by atoms with van der Waals surface area (Å²) in [6.07, 6.45) is 4.80. The Bertz CT molecular complexity index is 449. The lowest BCUT2D eigenvalue weighted by Gasteiger charge is -2.19. The average Bonchev–Trinajstić information content (AvgIpc) is 2.93. The molecule has 1 aliphatic rings. The van der Waals surface area contributed by atoms with E-state index in [0.29, 0.717) is 25.0 Å². The minimum atomic E-state index is -1.18. The van der Waals surface area contributed by atoms with Gasteiger partial charge in [0.05, 0.1) is 0 Å². The van der Waals surface area contributed by atoms with E-state index in [1.807, 2.05) is 33.3 Å². The third-order valence-electron chi connectivity index (χ3n) is 3.58. The minimum Gasteiger partial charge on any atom is -0.479 e. The summed E-state index contributed by atoms with van der Waals surface area (Å²) in [6.45, 7) is 7.19. The quantitative estimate of drug-likeness (QED) is 0.478. The highest BCUT2D eigenvalue weighted by molar-refractivity contribution is 7.98. The molecule has 1 fully saturated rings. The molecule has 0 saturated carbocycles. The van der Waals surface area contributed by atoms with Gasteiger partial charge in [-0.3, -0.25) is 0 Å². The summed E-state index contributed by atoms with van der Waals surface area (Å²) >= 11 is 3.23. The number of hydrogen-bond acceptors (Lipinski definition) is 8. The van der Waals surface area contributed by atoms with Crippen LogP contribution in [0.1, 0.15) is 68.2 Å². The van der Waals surface area contributed by atoms with E-state index in [-0.39, 0.29) is 38.2 Å². The predicted molar refractivity (Wildman–Crippen MR) is 127 cm³/mol. The fourth-order valence-corrected chi connectivity index (χ4v) is 2.47. The van der Waals surface area contributed by atoms with Crippen LogP contribution in [0.5, 0.6) is 0 Å². The number of rotatable bonds is 9. The second-order valence-electron chi connectivity index (χ2n) is 5.99. The van der Waals surface area contributed by atoms with Gasteiger partial charge in [-0.2, -0.15) is 23.5 Å². The molecule has 0 amide bonds. The van der Waals surface area contributed by atoms with Crippen molar-refractivity contribution in [1.82, 2.24) is 0 Å². The van der Waals surface area contributed by atoms with E-state index in [1.165, 1.54) is 11.8 Å². The van der Waals surface area contributed by atoms with Gasteiger partial charge >= 0.3 is 11.9 Å². The first-order chi connectivity index (χ1) is 12.6. The summed E-state index contributed by atoms with van der Waals surface area (Å²) in [7, 11) is 0. The maximum atomic E-state index is 11.3. The molecule has 0 spiro atoms. The number of hydrogen-bond donors (Lipinski definition) is 2. The molecule has 10 heteroatoms. The Balaban J connectivity index is -0.000000109. The van der Waals surface area contributed by atoms with Crippen LogP contribution in [-0.4, -0.2) is 75.4 Å². The largest absolute Gasteiger partial charge is 0.479 e. The highest BCUT2D eigenvalue weighted by atomic mass is 32.2. The van der Waals surface area contributed by atoms with Crippen LogP contribution in [-0.2, 0) is 23.9 Å². The van der Waals surface area contributed by atoms with Crippen molar-refractivity contribution >= 4 is 41.2 Å². The van der Waals surface area contributed by atoms with Crippen LogP contribution in [0, 0.1) is 0 Å². The lowest BCUT2D eigenvalue weighted by molar-refractivity contribution is -0.169. The number of Topliss-reactive ketones (excluding diaryl/α,β-unsaturated/α-hetero) is 1. The molecule has 30 heavy (non-hydrogen) atoms. The smallest absolute Gasteiger partial charge is 0.337 e. The third kappa shape index (κ3) is 20.5. The molecule has 4 N–H and O–H groups in total. The number of ether oxygens (including phenoxy) is 2. The Labute approximate surface area is 191 Å². The lowest BCUT2D eigenvalue weighted by Crippen LogP contribution is -2.25. The Morgan fingerprint density at radius 1 is 1.17 bits per heavy atom. The van der Waals surface area contributed by atoms with Crippen LogP contribution >= 0.6 is 23.5 Å². The molecule has 0 bridgehead atoms. The number of carboxylic acids is 1. The molecule has 1 saturated heterocycles. The van der Waals surface area contributed by atoms with Crippen LogP contribution < -0.4 is 0 Å². The van der Waals surface area contributed by atoms with Crippen molar-refractivity contribution in [2.75, 3.05) is 24.0 Å². The molecule has 0 aromatic heterocycles. The number of aliphatic hydroxyl groups is 1. The van der Waals surface area contributed by atoms with Crippen molar-refractivity contribution in [3.8, 4) is 0 Å². The summed E-state index contributed by atoms with van der Waals surface area (Å²) in [5.41, 5.74) is 0. The predicted octanol–water partition coefficient (Wildman–Crippen LogP) is 3.43. The van der Waals surface area contributed by atoms with Gasteiger partial charge in [-0.25, -0.2) is 9.59 Å². The van der Waals surface area contributed by atoms with Crippen molar-refractivity contribution in [2.24, 2.45) is 0 Å². The third-order valence-corrected chi connectivity index (χ3v) is 4.86. The van der Waals surface area contributed by atoms with Crippen LogP contribution in [0.15, 0.2) is 0 Å². The lowest BCUT2D eigenvalue weighted by atomic mass is 10.2. The van der Waals surface area contributed by atoms with E-state index < -0.39 is 17.9 Å². The Kier molecular flexibility index (Phi) is 30.2. The monoisotopic (exact) mass is 476 g/mol. The summed E-state index contributed by atoms with van der Waals surface area (Å²) < 4.78 is 10.7. The molecule has 3 unspecified atom stereocenters. The number of thioether (sulfide) groups is 2. The fourth-order valence-electron chi connectivity index (χ4n) is 1.56. The number of aliphatic carboxylic acids is 1. The van der Waals surface area contributed by atoms with Crippen LogP contribution in [0.3, 0.4) is 0 Å². The summed E-state index contributed by atoms with van der Waals surface area (Å²) in [6, 6.07) is 0. The topological polar surface area (TPSA) is 142 Å². The van der Waals surface area contributed by atoms with E-state index >= 15 is 0 Å². The van der Waals surface area contributed by atoms with Gasteiger partial charge in [-0.15, -0.1) is 0 Å². The van der Waals surface area contributed by atoms with Gasteiger partial charge in [0.1, 0.15) is 5.78 Å². The highest BCUT2D eigenvalue weighted by Crippen LogP contribution is 2.29. The zero-order valence-corrected chi connectivity index (χ0v) is 19.3. The normalized spacial score (nSPS) is 19.7. The van der Waals surface area contributed by atoms with Crippen molar-refractivity contribution in [3.05, 3.63) is 0 Å². The molecule has 0 aliphatic carbocycles. The molecular formula is C20H44O8S2. The Hall–Kier alpha value is -0.810. The molecular weight excluding hydrogens is 432 g/mol. The van der Waals surface area contributed by atoms with Gasteiger partial charge < -0.3 is 30.0 Å². The number of carbonyl (C=O) groups is 3. The molecule has 8 nitrogen and oxygen atoms in total. The Morgan fingerprint density at radius 2 is 1.63 bits per heavy atom. The van der Waals surface area contributed by atoms with Crippen molar-refractivity contribution in [3.63, 3.8) is 0 Å². The van der Waals surface area contributed by atoms with Gasteiger partial charge in [-0.1, -0.05) is 28.7 Å². The van der Waals surface area contributed by atoms with Gasteiger partial charge in [0.2, 0.25) is 5.79 Å². The first-order valence-electron chi connectivity index (χ1n) is 8.85. The average molecular weight is 477 g/mol. The van der Waals surface area contributed by atoms with Gasteiger partial charge in [-0.05, 0) is 43.8 Å². The fraction of sp³-hybridized carbons (Fsp3) is 0.850. The minimum absolute atomic E-state index is 0. The molecule has 0 aromatic carbocycles. The maximum Gasteiger partial charge on any atom is 0.337 e. The SMILES string of the molecule is C.C.CCC(C)=O.CCC1(C)OC(=O)C(CCSC)O1.CSCCC(O)C(=O)O.O. The van der Waals surface area contributed by atoms with Crippen molar-refractivity contribution < 1.29 is 39.5 Å². The van der Waals surface area contributed by atoms with Crippen molar-refractivity contribution in [2.45, 2.75) is 86.2 Å². The number of aliphatic hydroxyl groups excluding tert-OH is 1. The van der Waals surface area contributed by atoms with Gasteiger partial charge in [0.25, 0.3) is 0 Å². The van der Waals surface area contributed by atoms with E-state index in [9.17, 15) is 14.4 Å². The van der Waals surface area contributed by atoms with E-state index in [2.05, 4.69) is 0 Å². The summed E-state index contributed by atoms with van der Waals surface area (Å²) in [4.78, 5) is 31.1. The molecule has 1 heterocycles. The first kappa shape index (κ1) is 39.6. The highest BCUT2D eigenvalue weighted by Gasteiger charge is 2.42. The first-order valence-corrected chi connectivity index (χ1v) is 11.6. The van der Waals surface area contributed by atoms with Gasteiger partial charge in [0.15, 0.2) is 12.2 Å². The number of cyclic esters (lactones) is 1. The summed E-state index contributed by atoms with van der Waals surface area (Å²) in [5.74, 6) is -0.153. The molecule has 1 aliphatic heterocycles. The number of ketones is 1. The van der Waals surface area contributed by atoms with E-state index in [1.54, 1.807) is 18.7 Å². The zero-order valence-electron chi connectivity index (χ0n) is 17.6. The van der Waals surface area contributed by atoms with Crippen LogP contribution in [0.25, 0.3) is 0 Å². The molecule has 184 valence electrons. The van der Waals surface area contributed by atoms with Crippen LogP contribution in [0.2, 0.25) is 0 Å². The number of esters is 1. The van der Waals surface area contributed by atoms with Crippen molar-refractivity contribution in [1.29, 1.82) is 0 Å². The van der Waals surface area contributed by atoms with E-state index in [0.717, 1.165) is 12.2 Å². The molecule has 3 atom stereocenters. The molecule has 0 aromatic rings. The number of carbonyl (C=O) groups excluding carboxylic acids is 2. The molecule has 1 rings (SSSR count). The summed E-state index contributed by atoms with van der Waals surface area (Å²) in [5, 5.41) is 16.8. The number of carboxylic acid groups (broad SMARTS) is 1. The van der Waals surface area contributed by atoms with Gasteiger partial charge in [0, 0.05) is 19.8 Å². The maximum absolute atomic E-state index is 11.3.